The zero-order valence-electron chi connectivity index (χ0n) is 18.9. The first kappa shape index (κ1) is 24.6. The number of hydrogen-bond acceptors (Lipinski definition) is 5. The summed E-state index contributed by atoms with van der Waals surface area (Å²) in [6.45, 7) is 19.6. The van der Waals surface area contributed by atoms with Crippen LogP contribution < -0.4 is 5.32 Å². The number of nitrogens with one attached hydrogen (secondary N) is 1. The van der Waals surface area contributed by atoms with Crippen LogP contribution in [0.5, 0.6) is 0 Å². The number of nitrogens with zero attached hydrogens (tertiary/aromatic N) is 1. The second-order valence-electron chi connectivity index (χ2n) is 9.25. The molecule has 0 aromatic rings. The van der Waals surface area contributed by atoms with Gasteiger partial charge in [-0.2, -0.15) is 0 Å². The molecular weight excluding hydrogens is 356 g/mol. The Kier molecular flexibility index (Phi) is 10.5. The predicted molar refractivity (Wildman–Crippen MR) is 116 cm³/mol. The van der Waals surface area contributed by atoms with E-state index in [2.05, 4.69) is 51.0 Å². The first-order chi connectivity index (χ1) is 12.6. The summed E-state index contributed by atoms with van der Waals surface area (Å²) in [5.41, 5.74) is 0. The second-order valence-corrected chi connectivity index (χ2v) is 14.1. The Balaban J connectivity index is 2.40. The molecule has 1 aliphatic rings. The summed E-state index contributed by atoms with van der Waals surface area (Å²) in [5, 5.41) is 3.66. The Bertz CT molecular complexity index is 438. The van der Waals surface area contributed by atoms with Crippen LogP contribution in [-0.4, -0.2) is 64.1 Å². The smallest absolute Gasteiger partial charge is 0.323 e. The van der Waals surface area contributed by atoms with Gasteiger partial charge in [-0.3, -0.25) is 4.79 Å². The lowest BCUT2D eigenvalue weighted by atomic mass is 10.1. The highest BCUT2D eigenvalue weighted by molar-refractivity contribution is 6.74. The van der Waals surface area contributed by atoms with E-state index in [0.29, 0.717) is 12.6 Å². The average molecular weight is 401 g/mol. The topological polar surface area (TPSA) is 50.8 Å². The van der Waals surface area contributed by atoms with Gasteiger partial charge in [0.15, 0.2) is 8.32 Å². The lowest BCUT2D eigenvalue weighted by Gasteiger charge is -2.36. The van der Waals surface area contributed by atoms with Crippen LogP contribution >= 0.6 is 0 Å². The summed E-state index contributed by atoms with van der Waals surface area (Å²) in [6.07, 6.45) is 5.50. The fourth-order valence-corrected chi connectivity index (χ4v) is 4.47. The van der Waals surface area contributed by atoms with E-state index in [0.717, 1.165) is 39.1 Å². The predicted octanol–water partition coefficient (Wildman–Crippen LogP) is 4.18. The maximum absolute atomic E-state index is 12.3. The lowest BCUT2D eigenvalue weighted by Crippen LogP contribution is -2.43. The Morgan fingerprint density at radius 3 is 2.59 bits per heavy atom. The SMILES string of the molecule is CCOC(=O)[C@@H](CCN1CCC[C@H]1CC)NCCCO[Si](C)(C)C(C)(C)C. The molecule has 6 heteroatoms. The molecule has 160 valence electrons. The van der Waals surface area contributed by atoms with Crippen LogP contribution in [0.4, 0.5) is 0 Å². The molecule has 0 unspecified atom stereocenters. The largest absolute Gasteiger partial charge is 0.465 e. The van der Waals surface area contributed by atoms with Gasteiger partial charge in [-0.1, -0.05) is 27.7 Å². The first-order valence-electron chi connectivity index (χ1n) is 10.9. The summed E-state index contributed by atoms with van der Waals surface area (Å²) in [6, 6.07) is 0.474. The highest BCUT2D eigenvalue weighted by Crippen LogP contribution is 2.36. The van der Waals surface area contributed by atoms with Crippen molar-refractivity contribution < 1.29 is 14.0 Å². The molecule has 1 rings (SSSR count). The van der Waals surface area contributed by atoms with E-state index in [9.17, 15) is 4.79 Å². The molecule has 0 radical (unpaired) electrons. The molecule has 1 saturated heterocycles. The molecule has 0 bridgehead atoms. The number of hydrogen-bond donors (Lipinski definition) is 1. The average Bonchev–Trinajstić information content (AvgIpc) is 3.03. The van der Waals surface area contributed by atoms with E-state index >= 15 is 0 Å². The van der Waals surface area contributed by atoms with E-state index in [4.69, 9.17) is 9.16 Å². The van der Waals surface area contributed by atoms with Gasteiger partial charge in [-0.15, -0.1) is 0 Å². The maximum Gasteiger partial charge on any atom is 0.323 e. The fourth-order valence-electron chi connectivity index (χ4n) is 3.39. The van der Waals surface area contributed by atoms with Crippen molar-refractivity contribution in [2.24, 2.45) is 0 Å². The molecule has 0 aliphatic carbocycles. The monoisotopic (exact) mass is 400 g/mol. The molecule has 1 heterocycles. The maximum atomic E-state index is 12.3. The molecule has 2 atom stereocenters. The summed E-state index contributed by atoms with van der Waals surface area (Å²) in [5.74, 6) is -0.116. The van der Waals surface area contributed by atoms with Crippen LogP contribution in [0, 0.1) is 0 Å². The second kappa shape index (κ2) is 11.5. The van der Waals surface area contributed by atoms with Gasteiger partial charge in [0.1, 0.15) is 6.04 Å². The van der Waals surface area contributed by atoms with Gasteiger partial charge in [0.2, 0.25) is 0 Å². The fraction of sp³-hybridized carbons (Fsp3) is 0.952. The normalized spacial score (nSPS) is 20.0. The third-order valence-corrected chi connectivity index (χ3v) is 10.8. The zero-order chi connectivity index (χ0) is 20.5. The number of carbonyl (C=O) groups excluding carboxylic acids is 1. The van der Waals surface area contributed by atoms with E-state index in [1.807, 2.05) is 6.92 Å². The molecule has 0 aromatic carbocycles. The molecule has 0 amide bonds. The Hall–Kier alpha value is -0.433. The minimum atomic E-state index is -1.69. The van der Waals surface area contributed by atoms with Gasteiger partial charge in [0, 0.05) is 19.2 Å². The van der Waals surface area contributed by atoms with Crippen LogP contribution in [-0.2, 0) is 14.0 Å². The van der Waals surface area contributed by atoms with E-state index in [1.54, 1.807) is 0 Å². The first-order valence-corrected chi connectivity index (χ1v) is 13.8. The van der Waals surface area contributed by atoms with Crippen LogP contribution in [0.25, 0.3) is 0 Å². The van der Waals surface area contributed by atoms with Gasteiger partial charge in [-0.05, 0) is 70.2 Å². The molecule has 27 heavy (non-hydrogen) atoms. The molecule has 0 aromatic heterocycles. The van der Waals surface area contributed by atoms with Gasteiger partial charge in [0.05, 0.1) is 6.61 Å². The molecule has 0 saturated carbocycles. The van der Waals surface area contributed by atoms with Crippen LogP contribution in [0.15, 0.2) is 0 Å². The van der Waals surface area contributed by atoms with E-state index < -0.39 is 8.32 Å². The third-order valence-electron chi connectivity index (χ3n) is 6.23. The molecule has 0 spiro atoms. The summed E-state index contributed by atoms with van der Waals surface area (Å²) in [7, 11) is -1.69. The summed E-state index contributed by atoms with van der Waals surface area (Å²) >= 11 is 0. The van der Waals surface area contributed by atoms with E-state index in [-0.39, 0.29) is 17.0 Å². The van der Waals surface area contributed by atoms with Crippen molar-refractivity contribution in [1.82, 2.24) is 10.2 Å². The third kappa shape index (κ3) is 8.22. The number of ether oxygens (including phenoxy) is 1. The van der Waals surface area contributed by atoms with Crippen molar-refractivity contribution in [2.45, 2.75) is 96.9 Å². The van der Waals surface area contributed by atoms with Crippen LogP contribution in [0.3, 0.4) is 0 Å². The number of esters is 1. The number of carbonyl (C=O) groups is 1. The van der Waals surface area contributed by atoms with Crippen molar-refractivity contribution in [3.63, 3.8) is 0 Å². The highest BCUT2D eigenvalue weighted by Gasteiger charge is 2.36. The molecule has 1 fully saturated rings. The molecule has 5 nitrogen and oxygen atoms in total. The minimum absolute atomic E-state index is 0.116. The number of rotatable bonds is 12. The van der Waals surface area contributed by atoms with Crippen molar-refractivity contribution in [2.75, 3.05) is 32.8 Å². The quantitative estimate of drug-likeness (QED) is 0.302. The molecular formula is C21H44N2O3Si. The Morgan fingerprint density at radius 1 is 1.30 bits per heavy atom. The zero-order valence-corrected chi connectivity index (χ0v) is 19.9. The standard InChI is InChI=1S/C21H44N2O3Si/c1-8-18-12-10-15-23(18)16-13-19(20(24)25-9-2)22-14-11-17-26-27(6,7)21(3,4)5/h18-19,22H,8-17H2,1-7H3/t18-,19-/m1/s1. The van der Waals surface area contributed by atoms with Crippen molar-refractivity contribution in [3.05, 3.63) is 0 Å². The minimum Gasteiger partial charge on any atom is -0.465 e. The molecule has 1 aliphatic heterocycles. The van der Waals surface area contributed by atoms with Gasteiger partial charge < -0.3 is 19.4 Å². The highest BCUT2D eigenvalue weighted by atomic mass is 28.4. The summed E-state index contributed by atoms with van der Waals surface area (Å²) in [4.78, 5) is 14.9. The summed E-state index contributed by atoms with van der Waals surface area (Å²) < 4.78 is 11.5. The van der Waals surface area contributed by atoms with E-state index in [1.165, 1.54) is 19.3 Å². The van der Waals surface area contributed by atoms with Gasteiger partial charge in [0.25, 0.3) is 0 Å². The van der Waals surface area contributed by atoms with Crippen LogP contribution in [0.1, 0.15) is 66.7 Å². The molecule has 1 N–H and O–H groups in total. The van der Waals surface area contributed by atoms with Crippen molar-refractivity contribution in [3.8, 4) is 0 Å². The van der Waals surface area contributed by atoms with Crippen molar-refractivity contribution >= 4 is 14.3 Å². The van der Waals surface area contributed by atoms with Gasteiger partial charge >= 0.3 is 5.97 Å². The Morgan fingerprint density at radius 2 is 2.00 bits per heavy atom. The Labute approximate surface area is 168 Å². The lowest BCUT2D eigenvalue weighted by molar-refractivity contribution is -0.146. The van der Waals surface area contributed by atoms with Crippen LogP contribution in [0.2, 0.25) is 18.1 Å². The van der Waals surface area contributed by atoms with Crippen molar-refractivity contribution in [1.29, 1.82) is 0 Å². The number of likely N-dealkylation sites (tertiary alicyclic amines) is 1. The van der Waals surface area contributed by atoms with Gasteiger partial charge in [-0.25, -0.2) is 0 Å².